The quantitative estimate of drug-likeness (QED) is 0.471. The number of Topliss-reactive ketones (excluding diaryl/α,β-unsaturated/α-hetero) is 1. The van der Waals surface area contributed by atoms with Crippen molar-refractivity contribution in [3.63, 3.8) is 0 Å². The number of amides is 1. The van der Waals surface area contributed by atoms with Crippen LogP contribution in [0.15, 0.2) is 28.7 Å². The Hall–Kier alpha value is -2.59. The van der Waals surface area contributed by atoms with E-state index in [0.717, 1.165) is 25.7 Å². The highest BCUT2D eigenvalue weighted by molar-refractivity contribution is 7.16. The molecule has 0 aromatic carbocycles. The molecule has 4 rings (SSSR count). The highest BCUT2D eigenvalue weighted by Crippen LogP contribution is 2.35. The number of carbonyl (C=O) groups excluding carboxylic acids is 2. The summed E-state index contributed by atoms with van der Waals surface area (Å²) in [5, 5.41) is 16.9. The predicted molar refractivity (Wildman–Crippen MR) is 101 cm³/mol. The SMILES string of the molecule is O=C(Nc1nc(-c2cc([N+](=O)[O-])cs2)cs1)C1=COC2CCCCC2C1=O. The number of thiazole rings is 1. The number of hydrogen-bond donors (Lipinski definition) is 1. The van der Waals surface area contributed by atoms with Gasteiger partial charge >= 0.3 is 0 Å². The first-order valence-corrected chi connectivity index (χ1v) is 10.2. The number of thiophene rings is 1. The molecule has 8 nitrogen and oxygen atoms in total. The summed E-state index contributed by atoms with van der Waals surface area (Å²) in [4.78, 5) is 40.3. The monoisotopic (exact) mass is 405 g/mol. The third kappa shape index (κ3) is 3.50. The molecule has 2 atom stereocenters. The standard InChI is InChI=1S/C17H15N3O5S2/c21-15-10-3-1-2-4-13(10)25-6-11(15)16(22)19-17-18-12(8-27-17)14-5-9(7-26-14)20(23)24/h5-8,10,13H,1-4H2,(H,18,19,22). The van der Waals surface area contributed by atoms with Crippen LogP contribution < -0.4 is 5.32 Å². The zero-order chi connectivity index (χ0) is 19.0. The Morgan fingerprint density at radius 2 is 2.11 bits per heavy atom. The van der Waals surface area contributed by atoms with Crippen molar-refractivity contribution in [2.24, 2.45) is 5.92 Å². The predicted octanol–water partition coefficient (Wildman–Crippen LogP) is 3.76. The summed E-state index contributed by atoms with van der Waals surface area (Å²) in [6, 6.07) is 1.44. The topological polar surface area (TPSA) is 111 Å². The van der Waals surface area contributed by atoms with Crippen molar-refractivity contribution in [1.82, 2.24) is 4.98 Å². The number of ketones is 1. The number of anilines is 1. The fourth-order valence-corrected chi connectivity index (χ4v) is 4.90. The van der Waals surface area contributed by atoms with E-state index in [1.165, 1.54) is 40.4 Å². The number of nitrogens with one attached hydrogen (secondary N) is 1. The van der Waals surface area contributed by atoms with Crippen LogP contribution >= 0.6 is 22.7 Å². The van der Waals surface area contributed by atoms with Gasteiger partial charge in [-0.1, -0.05) is 6.42 Å². The summed E-state index contributed by atoms with van der Waals surface area (Å²) < 4.78 is 5.60. The summed E-state index contributed by atoms with van der Waals surface area (Å²) in [5.74, 6) is -0.959. The molecule has 0 saturated heterocycles. The van der Waals surface area contributed by atoms with E-state index < -0.39 is 10.8 Å². The lowest BCUT2D eigenvalue weighted by atomic mass is 9.80. The fourth-order valence-electron chi connectivity index (χ4n) is 3.30. The van der Waals surface area contributed by atoms with Crippen LogP contribution in [0.3, 0.4) is 0 Å². The second kappa shape index (κ2) is 7.20. The van der Waals surface area contributed by atoms with Gasteiger partial charge in [-0.25, -0.2) is 4.98 Å². The van der Waals surface area contributed by atoms with Gasteiger partial charge < -0.3 is 4.74 Å². The number of carbonyl (C=O) groups is 2. The lowest BCUT2D eigenvalue weighted by Crippen LogP contribution is -2.39. The Balaban J connectivity index is 1.47. The van der Waals surface area contributed by atoms with Crippen LogP contribution in [0.4, 0.5) is 10.8 Å². The summed E-state index contributed by atoms with van der Waals surface area (Å²) >= 11 is 2.40. The number of fused-ring (bicyclic) bond motifs is 1. The van der Waals surface area contributed by atoms with Gasteiger partial charge in [0.15, 0.2) is 10.9 Å². The van der Waals surface area contributed by atoms with E-state index in [0.29, 0.717) is 15.7 Å². The summed E-state index contributed by atoms with van der Waals surface area (Å²) in [7, 11) is 0. The molecule has 1 fully saturated rings. The summed E-state index contributed by atoms with van der Waals surface area (Å²) in [6.45, 7) is 0. The molecule has 2 aliphatic rings. The number of aromatic nitrogens is 1. The minimum absolute atomic E-state index is 0.00530. The van der Waals surface area contributed by atoms with Crippen molar-refractivity contribution < 1.29 is 19.2 Å². The van der Waals surface area contributed by atoms with Crippen molar-refractivity contribution in [2.45, 2.75) is 31.8 Å². The van der Waals surface area contributed by atoms with Crippen LogP contribution in [0.1, 0.15) is 25.7 Å². The lowest BCUT2D eigenvalue weighted by Gasteiger charge is -2.33. The Morgan fingerprint density at radius 3 is 2.89 bits per heavy atom. The lowest BCUT2D eigenvalue weighted by molar-refractivity contribution is -0.384. The Labute approximate surface area is 162 Å². The average molecular weight is 405 g/mol. The average Bonchev–Trinajstić information content (AvgIpc) is 3.31. The number of hydrogen-bond acceptors (Lipinski definition) is 8. The second-order valence-electron chi connectivity index (χ2n) is 6.38. The molecule has 2 aromatic heterocycles. The Bertz CT molecular complexity index is 948. The van der Waals surface area contributed by atoms with Gasteiger partial charge in [0.25, 0.3) is 11.6 Å². The van der Waals surface area contributed by atoms with Gasteiger partial charge in [-0.2, -0.15) is 0 Å². The summed E-state index contributed by atoms with van der Waals surface area (Å²) in [5.41, 5.74) is 0.563. The maximum atomic E-state index is 12.6. The number of rotatable bonds is 4. The fraction of sp³-hybridized carbons (Fsp3) is 0.353. The molecule has 27 heavy (non-hydrogen) atoms. The molecule has 0 spiro atoms. The molecule has 2 aromatic rings. The van der Waals surface area contributed by atoms with Gasteiger partial charge in [-0.3, -0.25) is 25.0 Å². The zero-order valence-electron chi connectivity index (χ0n) is 14.0. The highest BCUT2D eigenvalue weighted by atomic mass is 32.1. The molecule has 0 radical (unpaired) electrons. The summed E-state index contributed by atoms with van der Waals surface area (Å²) in [6.07, 6.45) is 4.72. The van der Waals surface area contributed by atoms with E-state index in [1.54, 1.807) is 5.38 Å². The molecule has 0 bridgehead atoms. The first-order valence-electron chi connectivity index (χ1n) is 8.43. The zero-order valence-corrected chi connectivity index (χ0v) is 15.7. The van der Waals surface area contributed by atoms with E-state index in [4.69, 9.17) is 4.74 Å². The molecule has 3 heterocycles. The molecule has 10 heteroatoms. The van der Waals surface area contributed by atoms with Crippen LogP contribution in [0, 0.1) is 16.0 Å². The normalized spacial score (nSPS) is 21.8. The third-order valence-electron chi connectivity index (χ3n) is 4.68. The van der Waals surface area contributed by atoms with Crippen LogP contribution in [0.5, 0.6) is 0 Å². The first-order chi connectivity index (χ1) is 13.0. The second-order valence-corrected chi connectivity index (χ2v) is 8.15. The molecule has 1 N–H and O–H groups in total. The Kier molecular flexibility index (Phi) is 4.75. The van der Waals surface area contributed by atoms with Crippen molar-refractivity contribution >= 4 is 45.2 Å². The first kappa shape index (κ1) is 17.8. The molecule has 2 unspecified atom stereocenters. The molecular weight excluding hydrogens is 390 g/mol. The number of nitro groups is 1. The van der Waals surface area contributed by atoms with Gasteiger partial charge in [-0.15, -0.1) is 22.7 Å². The van der Waals surface area contributed by atoms with Crippen LogP contribution in [-0.2, 0) is 14.3 Å². The highest BCUT2D eigenvalue weighted by Gasteiger charge is 2.39. The molecule has 1 saturated carbocycles. The smallest absolute Gasteiger partial charge is 0.280 e. The van der Waals surface area contributed by atoms with Crippen LogP contribution in [-0.4, -0.2) is 27.7 Å². The van der Waals surface area contributed by atoms with E-state index in [2.05, 4.69) is 10.3 Å². The van der Waals surface area contributed by atoms with E-state index in [9.17, 15) is 19.7 Å². The number of nitrogens with zero attached hydrogens (tertiary/aromatic N) is 2. The third-order valence-corrected chi connectivity index (χ3v) is 6.38. The van der Waals surface area contributed by atoms with Crippen molar-refractivity contribution in [3.8, 4) is 10.6 Å². The van der Waals surface area contributed by atoms with Crippen molar-refractivity contribution in [2.75, 3.05) is 5.32 Å². The minimum atomic E-state index is -0.540. The van der Waals surface area contributed by atoms with Gasteiger partial charge in [0.05, 0.1) is 33.1 Å². The van der Waals surface area contributed by atoms with Gasteiger partial charge in [0.1, 0.15) is 11.7 Å². The van der Waals surface area contributed by atoms with E-state index in [1.807, 2.05) is 0 Å². The van der Waals surface area contributed by atoms with Crippen LogP contribution in [0.2, 0.25) is 0 Å². The van der Waals surface area contributed by atoms with Gasteiger partial charge in [0, 0.05) is 11.4 Å². The van der Waals surface area contributed by atoms with Gasteiger partial charge in [-0.05, 0) is 19.3 Å². The van der Waals surface area contributed by atoms with Gasteiger partial charge in [0.2, 0.25) is 0 Å². The van der Waals surface area contributed by atoms with Crippen LogP contribution in [0.25, 0.3) is 10.6 Å². The van der Waals surface area contributed by atoms with E-state index >= 15 is 0 Å². The molecule has 1 amide bonds. The molecule has 1 aliphatic heterocycles. The maximum Gasteiger partial charge on any atom is 0.280 e. The Morgan fingerprint density at radius 1 is 1.30 bits per heavy atom. The molecule has 1 aliphatic carbocycles. The molecular formula is C17H15N3O5S2. The largest absolute Gasteiger partial charge is 0.496 e. The van der Waals surface area contributed by atoms with Crippen molar-refractivity contribution in [1.29, 1.82) is 0 Å². The van der Waals surface area contributed by atoms with E-state index in [-0.39, 0.29) is 29.1 Å². The maximum absolute atomic E-state index is 12.6. The minimum Gasteiger partial charge on any atom is -0.496 e. The van der Waals surface area contributed by atoms with Crippen molar-refractivity contribution in [3.05, 3.63) is 38.8 Å². The number of ether oxygens (including phenoxy) is 1. The molecule has 140 valence electrons.